The van der Waals surface area contributed by atoms with Gasteiger partial charge in [-0.2, -0.15) is 0 Å². The van der Waals surface area contributed by atoms with E-state index in [-0.39, 0.29) is 23.5 Å². The SMILES string of the molecule is CC(=O)OCc1ccc2oc(C)c(OC(C)=O)c(=O)c2c1. The van der Waals surface area contributed by atoms with Gasteiger partial charge in [-0.25, -0.2) is 0 Å². The normalized spacial score (nSPS) is 10.4. The van der Waals surface area contributed by atoms with Crippen LogP contribution in [0.1, 0.15) is 25.2 Å². The highest BCUT2D eigenvalue weighted by Crippen LogP contribution is 2.21. The number of ether oxygens (including phenoxy) is 2. The molecule has 0 aliphatic heterocycles. The molecule has 2 aromatic rings. The molecule has 6 heteroatoms. The molecule has 21 heavy (non-hydrogen) atoms. The number of carbonyl (C=O) groups excluding carboxylic acids is 2. The van der Waals surface area contributed by atoms with Crippen LogP contribution in [0, 0.1) is 6.92 Å². The molecule has 0 atom stereocenters. The molecular weight excluding hydrogens is 276 g/mol. The lowest BCUT2D eigenvalue weighted by Gasteiger charge is -2.07. The predicted octanol–water partition coefficient (Wildman–Crippen LogP) is 2.09. The van der Waals surface area contributed by atoms with E-state index in [2.05, 4.69) is 0 Å². The van der Waals surface area contributed by atoms with Gasteiger partial charge in [-0.15, -0.1) is 0 Å². The summed E-state index contributed by atoms with van der Waals surface area (Å²) in [4.78, 5) is 34.2. The number of esters is 2. The smallest absolute Gasteiger partial charge is 0.308 e. The fourth-order valence-corrected chi connectivity index (χ4v) is 1.87. The zero-order valence-corrected chi connectivity index (χ0v) is 11.9. The molecule has 0 fully saturated rings. The van der Waals surface area contributed by atoms with Crippen molar-refractivity contribution in [3.05, 3.63) is 39.7 Å². The minimum Gasteiger partial charge on any atom is -0.461 e. The van der Waals surface area contributed by atoms with E-state index >= 15 is 0 Å². The molecule has 1 aromatic carbocycles. The monoisotopic (exact) mass is 290 g/mol. The van der Waals surface area contributed by atoms with Crippen LogP contribution in [0.5, 0.6) is 5.75 Å². The number of hydrogen-bond acceptors (Lipinski definition) is 6. The molecule has 2 rings (SSSR count). The highest BCUT2D eigenvalue weighted by atomic mass is 16.5. The van der Waals surface area contributed by atoms with Crippen LogP contribution < -0.4 is 10.2 Å². The molecule has 1 aromatic heterocycles. The summed E-state index contributed by atoms with van der Waals surface area (Å²) in [5.74, 6) is -0.900. The average Bonchev–Trinajstić information content (AvgIpc) is 2.41. The lowest BCUT2D eigenvalue weighted by atomic mass is 10.1. The van der Waals surface area contributed by atoms with Crippen molar-refractivity contribution in [1.29, 1.82) is 0 Å². The summed E-state index contributed by atoms with van der Waals surface area (Å²) < 4.78 is 15.2. The summed E-state index contributed by atoms with van der Waals surface area (Å²) in [5, 5.41) is 0.265. The molecule has 0 spiro atoms. The molecule has 0 saturated heterocycles. The minimum atomic E-state index is -0.596. The Balaban J connectivity index is 2.52. The van der Waals surface area contributed by atoms with Crippen LogP contribution in [-0.2, 0) is 20.9 Å². The molecule has 6 nitrogen and oxygen atoms in total. The van der Waals surface area contributed by atoms with E-state index in [1.165, 1.54) is 13.8 Å². The molecule has 0 N–H and O–H groups in total. The van der Waals surface area contributed by atoms with Gasteiger partial charge in [-0.1, -0.05) is 6.07 Å². The molecule has 0 unspecified atom stereocenters. The van der Waals surface area contributed by atoms with Crippen LogP contribution in [0.4, 0.5) is 0 Å². The third-order valence-electron chi connectivity index (χ3n) is 2.77. The summed E-state index contributed by atoms with van der Waals surface area (Å²) in [6.07, 6.45) is 0. The van der Waals surface area contributed by atoms with E-state index in [0.717, 1.165) is 0 Å². The van der Waals surface area contributed by atoms with Gasteiger partial charge >= 0.3 is 11.9 Å². The minimum absolute atomic E-state index is 0.0570. The van der Waals surface area contributed by atoms with Gasteiger partial charge in [0.1, 0.15) is 18.0 Å². The molecule has 0 aliphatic rings. The summed E-state index contributed by atoms with van der Waals surface area (Å²) in [5.41, 5.74) is 0.580. The molecule has 1 heterocycles. The highest BCUT2D eigenvalue weighted by molar-refractivity contribution is 5.80. The van der Waals surface area contributed by atoms with E-state index in [1.54, 1.807) is 25.1 Å². The quantitative estimate of drug-likeness (QED) is 0.805. The zero-order valence-electron chi connectivity index (χ0n) is 11.9. The second kappa shape index (κ2) is 5.78. The van der Waals surface area contributed by atoms with Gasteiger partial charge < -0.3 is 13.9 Å². The van der Waals surface area contributed by atoms with Gasteiger partial charge in [0.05, 0.1) is 5.39 Å². The highest BCUT2D eigenvalue weighted by Gasteiger charge is 2.15. The van der Waals surface area contributed by atoms with Crippen molar-refractivity contribution in [3.8, 4) is 5.75 Å². The average molecular weight is 290 g/mol. The lowest BCUT2D eigenvalue weighted by Crippen LogP contribution is -2.13. The largest absolute Gasteiger partial charge is 0.461 e. The predicted molar refractivity (Wildman–Crippen MR) is 74.0 cm³/mol. The van der Waals surface area contributed by atoms with E-state index < -0.39 is 17.4 Å². The fourth-order valence-electron chi connectivity index (χ4n) is 1.87. The van der Waals surface area contributed by atoms with E-state index in [4.69, 9.17) is 13.9 Å². The van der Waals surface area contributed by atoms with Gasteiger partial charge in [-0.3, -0.25) is 14.4 Å². The topological polar surface area (TPSA) is 82.8 Å². The number of rotatable bonds is 3. The number of hydrogen-bond donors (Lipinski definition) is 0. The maximum Gasteiger partial charge on any atom is 0.308 e. The Hall–Kier alpha value is -2.63. The van der Waals surface area contributed by atoms with Crippen LogP contribution in [0.3, 0.4) is 0 Å². The Morgan fingerprint density at radius 3 is 2.52 bits per heavy atom. The van der Waals surface area contributed by atoms with Crippen molar-refractivity contribution in [2.45, 2.75) is 27.4 Å². The van der Waals surface area contributed by atoms with Crippen LogP contribution in [0.15, 0.2) is 27.4 Å². The first-order valence-electron chi connectivity index (χ1n) is 6.26. The van der Waals surface area contributed by atoms with Crippen molar-refractivity contribution in [3.63, 3.8) is 0 Å². The summed E-state index contributed by atoms with van der Waals surface area (Å²) in [6, 6.07) is 4.86. The fraction of sp³-hybridized carbons (Fsp3) is 0.267. The summed E-state index contributed by atoms with van der Waals surface area (Å²) in [7, 11) is 0. The lowest BCUT2D eigenvalue weighted by molar-refractivity contribution is -0.142. The van der Waals surface area contributed by atoms with Crippen LogP contribution in [0.25, 0.3) is 11.0 Å². The first-order chi connectivity index (χ1) is 9.88. The Morgan fingerprint density at radius 1 is 1.19 bits per heavy atom. The molecular formula is C15H14O6. The summed E-state index contributed by atoms with van der Waals surface area (Å²) in [6.45, 7) is 4.12. The Kier molecular flexibility index (Phi) is 4.07. The maximum atomic E-state index is 12.3. The molecule has 0 aliphatic carbocycles. The molecule has 110 valence electrons. The Labute approximate surface area is 120 Å². The van der Waals surface area contributed by atoms with Crippen molar-refractivity contribution < 1.29 is 23.5 Å². The van der Waals surface area contributed by atoms with Crippen LogP contribution in [0.2, 0.25) is 0 Å². The third-order valence-corrected chi connectivity index (χ3v) is 2.77. The van der Waals surface area contributed by atoms with E-state index in [1.807, 2.05) is 0 Å². The van der Waals surface area contributed by atoms with Crippen LogP contribution in [-0.4, -0.2) is 11.9 Å². The first-order valence-corrected chi connectivity index (χ1v) is 6.26. The molecule has 0 bridgehead atoms. The van der Waals surface area contributed by atoms with Crippen molar-refractivity contribution in [1.82, 2.24) is 0 Å². The molecule has 0 radical (unpaired) electrons. The Bertz CT molecular complexity index is 772. The van der Waals surface area contributed by atoms with Crippen molar-refractivity contribution in [2.24, 2.45) is 0 Å². The number of fused-ring (bicyclic) bond motifs is 1. The second-order valence-electron chi connectivity index (χ2n) is 4.52. The zero-order chi connectivity index (χ0) is 15.6. The maximum absolute atomic E-state index is 12.3. The van der Waals surface area contributed by atoms with Crippen LogP contribution >= 0.6 is 0 Å². The van der Waals surface area contributed by atoms with Gasteiger partial charge in [0.25, 0.3) is 0 Å². The third kappa shape index (κ3) is 3.28. The first kappa shape index (κ1) is 14.8. The van der Waals surface area contributed by atoms with E-state index in [0.29, 0.717) is 11.1 Å². The van der Waals surface area contributed by atoms with Gasteiger partial charge in [0, 0.05) is 13.8 Å². The number of benzene rings is 1. The molecule has 0 saturated carbocycles. The number of aryl methyl sites for hydroxylation is 1. The second-order valence-corrected chi connectivity index (χ2v) is 4.52. The van der Waals surface area contributed by atoms with Crippen molar-refractivity contribution in [2.75, 3.05) is 0 Å². The van der Waals surface area contributed by atoms with Gasteiger partial charge in [-0.05, 0) is 24.6 Å². The molecule has 0 amide bonds. The summed E-state index contributed by atoms with van der Waals surface area (Å²) >= 11 is 0. The van der Waals surface area contributed by atoms with Gasteiger partial charge in [0.15, 0.2) is 0 Å². The standard InChI is InChI=1S/C15H14O6/c1-8-15(21-10(3)17)14(18)12-6-11(7-19-9(2)16)4-5-13(12)20-8/h4-6H,7H2,1-3H3. The van der Waals surface area contributed by atoms with Gasteiger partial charge in [0.2, 0.25) is 11.2 Å². The van der Waals surface area contributed by atoms with E-state index in [9.17, 15) is 14.4 Å². The number of carbonyl (C=O) groups is 2. The van der Waals surface area contributed by atoms with Crippen molar-refractivity contribution >= 4 is 22.9 Å². The Morgan fingerprint density at radius 2 is 1.90 bits per heavy atom.